The molecule has 0 radical (unpaired) electrons. The van der Waals surface area contributed by atoms with Gasteiger partial charge in [-0.1, -0.05) is 378 Å². The van der Waals surface area contributed by atoms with E-state index in [9.17, 15) is 19.0 Å². The Kier molecular flexibility index (Phi) is 70.3. The molecule has 0 aromatic rings. The molecule has 2 atom stereocenters. The second kappa shape index (κ2) is 71.6. The lowest BCUT2D eigenvalue weighted by atomic mass is 10.0. The quantitative estimate of drug-likeness (QED) is 0.0264. The first kappa shape index (κ1) is 83.5. The van der Waals surface area contributed by atoms with Crippen LogP contribution in [0.2, 0.25) is 0 Å². The molecule has 0 heterocycles. The van der Waals surface area contributed by atoms with Crippen LogP contribution < -0.4 is 5.73 Å². The first-order valence-corrected chi connectivity index (χ1v) is 39.3. The van der Waals surface area contributed by atoms with E-state index in [2.05, 4.69) is 38.2 Å². The maximum Gasteiger partial charge on any atom is 0.472 e. The van der Waals surface area contributed by atoms with Crippen molar-refractivity contribution in [3.8, 4) is 0 Å². The third-order valence-corrected chi connectivity index (χ3v) is 18.3. The summed E-state index contributed by atoms with van der Waals surface area (Å²) in [4.78, 5) is 35.4. The number of hydrogen-bond donors (Lipinski definition) is 2. The summed E-state index contributed by atoms with van der Waals surface area (Å²) in [5.41, 5.74) is 5.40. The van der Waals surface area contributed by atoms with Crippen molar-refractivity contribution in [2.24, 2.45) is 5.73 Å². The SMILES string of the molecule is CCCCCCC/C=C\C/C=C\CCCCCCCCCCCCCC(=O)OC(COC(=O)CCCCCCCCCCCCCCCCCCCCCCCCCCCCCCCCCCCCCCCCCCC)COP(=O)(O)OCCN. The molecule has 2 unspecified atom stereocenters. The van der Waals surface area contributed by atoms with Crippen molar-refractivity contribution >= 4 is 19.8 Å². The van der Waals surface area contributed by atoms with Crippen LogP contribution in [-0.4, -0.2) is 49.3 Å². The van der Waals surface area contributed by atoms with Gasteiger partial charge in [-0.2, -0.15) is 0 Å². The largest absolute Gasteiger partial charge is 0.472 e. The van der Waals surface area contributed by atoms with Crippen LogP contribution in [0.4, 0.5) is 0 Å². The fourth-order valence-corrected chi connectivity index (χ4v) is 12.5. The van der Waals surface area contributed by atoms with Crippen LogP contribution in [0, 0.1) is 0 Å². The highest BCUT2D eigenvalue weighted by Gasteiger charge is 2.26. The molecule has 10 heteroatoms. The van der Waals surface area contributed by atoms with Gasteiger partial charge < -0.3 is 20.1 Å². The zero-order chi connectivity index (χ0) is 61.6. The minimum Gasteiger partial charge on any atom is -0.462 e. The van der Waals surface area contributed by atoms with Crippen LogP contribution in [0.3, 0.4) is 0 Å². The normalized spacial score (nSPS) is 12.9. The third kappa shape index (κ3) is 71.4. The molecule has 0 aromatic heterocycles. The molecule has 0 aliphatic rings. The molecule has 0 aliphatic carbocycles. The Hall–Kier alpha value is -1.51. The van der Waals surface area contributed by atoms with Gasteiger partial charge in [0.25, 0.3) is 0 Å². The lowest BCUT2D eigenvalue weighted by Crippen LogP contribution is -2.29. The van der Waals surface area contributed by atoms with Crippen molar-refractivity contribution in [2.75, 3.05) is 26.4 Å². The van der Waals surface area contributed by atoms with Gasteiger partial charge in [0.15, 0.2) is 6.10 Å². The number of rotatable bonds is 73. The fraction of sp³-hybridized carbons (Fsp3) is 0.920. The summed E-state index contributed by atoms with van der Waals surface area (Å²) >= 11 is 0. The lowest BCUT2D eigenvalue weighted by molar-refractivity contribution is -0.161. The highest BCUT2D eigenvalue weighted by atomic mass is 31.2. The molecule has 504 valence electrons. The summed E-state index contributed by atoms with van der Waals surface area (Å²) in [6, 6.07) is 0. The summed E-state index contributed by atoms with van der Waals surface area (Å²) in [6.45, 7) is 3.81. The van der Waals surface area contributed by atoms with Crippen molar-refractivity contribution < 1.29 is 37.6 Å². The number of phosphoric ester groups is 1. The number of unbranched alkanes of at least 4 members (excludes halogenated alkanes) is 56. The van der Waals surface area contributed by atoms with Crippen molar-refractivity contribution in [1.29, 1.82) is 0 Å². The Balaban J connectivity index is 3.71. The second-order valence-electron chi connectivity index (χ2n) is 25.9. The van der Waals surface area contributed by atoms with Crippen molar-refractivity contribution in [2.45, 2.75) is 418 Å². The molecule has 85 heavy (non-hydrogen) atoms. The minimum absolute atomic E-state index is 0.0556. The first-order valence-electron chi connectivity index (χ1n) is 37.8. The molecular formula is C75H146NO8P. The van der Waals surface area contributed by atoms with E-state index in [1.165, 1.54) is 334 Å². The predicted molar refractivity (Wildman–Crippen MR) is 368 cm³/mol. The molecule has 0 saturated heterocycles. The molecule has 3 N–H and O–H groups in total. The van der Waals surface area contributed by atoms with E-state index in [1.807, 2.05) is 0 Å². The Bertz CT molecular complexity index is 1440. The van der Waals surface area contributed by atoms with Crippen LogP contribution in [0.5, 0.6) is 0 Å². The lowest BCUT2D eigenvalue weighted by Gasteiger charge is -2.19. The van der Waals surface area contributed by atoms with Gasteiger partial charge in [-0.25, -0.2) is 4.57 Å². The maximum absolute atomic E-state index is 12.8. The molecule has 0 amide bonds. The van der Waals surface area contributed by atoms with Gasteiger partial charge in [-0.3, -0.25) is 18.6 Å². The third-order valence-electron chi connectivity index (χ3n) is 17.3. The van der Waals surface area contributed by atoms with Gasteiger partial charge in [0, 0.05) is 19.4 Å². The molecule has 0 rings (SSSR count). The predicted octanol–water partition coefficient (Wildman–Crippen LogP) is 24.9. The molecule has 0 aliphatic heterocycles. The zero-order valence-corrected chi connectivity index (χ0v) is 57.8. The van der Waals surface area contributed by atoms with Crippen LogP contribution in [-0.2, 0) is 32.7 Å². The summed E-state index contributed by atoms with van der Waals surface area (Å²) in [5, 5.41) is 0. The van der Waals surface area contributed by atoms with E-state index >= 15 is 0 Å². The molecule has 0 aromatic carbocycles. The van der Waals surface area contributed by atoms with Gasteiger partial charge in [-0.15, -0.1) is 0 Å². The maximum atomic E-state index is 12.8. The van der Waals surface area contributed by atoms with Gasteiger partial charge in [-0.05, 0) is 44.9 Å². The zero-order valence-electron chi connectivity index (χ0n) is 56.9. The van der Waals surface area contributed by atoms with Gasteiger partial charge in [0.05, 0.1) is 13.2 Å². The summed E-state index contributed by atoms with van der Waals surface area (Å²) in [7, 11) is -4.39. The van der Waals surface area contributed by atoms with Crippen molar-refractivity contribution in [1.82, 2.24) is 0 Å². The Morgan fingerprint density at radius 2 is 0.612 bits per heavy atom. The van der Waals surface area contributed by atoms with E-state index in [4.69, 9.17) is 24.3 Å². The van der Waals surface area contributed by atoms with Crippen LogP contribution in [0.15, 0.2) is 24.3 Å². The minimum atomic E-state index is -4.39. The smallest absolute Gasteiger partial charge is 0.462 e. The van der Waals surface area contributed by atoms with E-state index in [-0.39, 0.29) is 38.6 Å². The molecule has 0 bridgehead atoms. The van der Waals surface area contributed by atoms with Gasteiger partial charge >= 0.3 is 19.8 Å². The second-order valence-corrected chi connectivity index (χ2v) is 27.3. The molecule has 0 saturated carbocycles. The number of hydrogen-bond acceptors (Lipinski definition) is 8. The standard InChI is InChI=1S/C75H146NO8P/c1-3-5-7-9-11-13-15-17-19-21-23-25-27-28-29-30-31-32-33-34-35-36-37-38-39-40-41-42-43-44-46-47-49-51-53-55-57-59-61-63-65-67-74(77)81-71-73(72-83-85(79,80)82-70-69-76)84-75(78)68-66-64-62-60-58-56-54-52-50-48-45-26-24-22-20-18-16-14-12-10-8-6-4-2/h16,18,22,24,73H,3-15,17,19-21,23,25-72,76H2,1-2H3,(H,79,80)/b18-16-,24-22-. The molecule has 9 nitrogen and oxygen atoms in total. The topological polar surface area (TPSA) is 134 Å². The molecule has 0 fully saturated rings. The van der Waals surface area contributed by atoms with Crippen molar-refractivity contribution in [3.05, 3.63) is 24.3 Å². The molecule has 0 spiro atoms. The van der Waals surface area contributed by atoms with E-state index < -0.39 is 26.5 Å². The highest BCUT2D eigenvalue weighted by Crippen LogP contribution is 2.43. The Morgan fingerprint density at radius 3 is 0.894 bits per heavy atom. The summed E-state index contributed by atoms with van der Waals surface area (Å²) in [6.07, 6.45) is 88.9. The van der Waals surface area contributed by atoms with Gasteiger partial charge in [0.1, 0.15) is 6.61 Å². The highest BCUT2D eigenvalue weighted by molar-refractivity contribution is 7.47. The fourth-order valence-electron chi connectivity index (χ4n) is 11.7. The van der Waals surface area contributed by atoms with Crippen LogP contribution >= 0.6 is 7.82 Å². The average molecular weight is 1220 g/mol. The van der Waals surface area contributed by atoms with E-state index in [1.54, 1.807) is 0 Å². The number of esters is 2. The first-order chi connectivity index (χ1) is 41.8. The number of carbonyl (C=O) groups excluding carboxylic acids is 2. The van der Waals surface area contributed by atoms with Gasteiger partial charge in [0.2, 0.25) is 0 Å². The monoisotopic (exact) mass is 1220 g/mol. The average Bonchev–Trinajstić information content (AvgIpc) is 3.52. The number of ether oxygens (including phenoxy) is 2. The molecular weight excluding hydrogens is 1070 g/mol. The van der Waals surface area contributed by atoms with Crippen LogP contribution in [0.1, 0.15) is 412 Å². The summed E-state index contributed by atoms with van der Waals surface area (Å²) < 4.78 is 33.2. The number of nitrogens with two attached hydrogens (primary N) is 1. The number of carbonyl (C=O) groups is 2. The van der Waals surface area contributed by atoms with Crippen LogP contribution in [0.25, 0.3) is 0 Å². The van der Waals surface area contributed by atoms with E-state index in [0.717, 1.165) is 44.9 Å². The summed E-state index contributed by atoms with van der Waals surface area (Å²) in [5.74, 6) is -0.807. The van der Waals surface area contributed by atoms with Crippen molar-refractivity contribution in [3.63, 3.8) is 0 Å². The Morgan fingerprint density at radius 1 is 0.353 bits per heavy atom. The Labute approximate surface area is 529 Å². The van der Waals surface area contributed by atoms with E-state index in [0.29, 0.717) is 6.42 Å². The number of allylic oxidation sites excluding steroid dienone is 4. The number of phosphoric acid groups is 1.